The first-order valence-corrected chi connectivity index (χ1v) is 6.71. The molecule has 0 aliphatic rings. The lowest BCUT2D eigenvalue weighted by atomic mass is 10.3. The molecule has 0 atom stereocenters. The van der Waals surface area contributed by atoms with Crippen molar-refractivity contribution in [2.24, 2.45) is 0 Å². The quantitative estimate of drug-likeness (QED) is 0.678. The van der Waals surface area contributed by atoms with E-state index in [0.717, 1.165) is 14.9 Å². The molecule has 0 unspecified atom stereocenters. The monoisotopic (exact) mass is 305 g/mol. The summed E-state index contributed by atoms with van der Waals surface area (Å²) >= 11 is 5.11. The van der Waals surface area contributed by atoms with Gasteiger partial charge >= 0.3 is 0 Å². The fourth-order valence-corrected chi connectivity index (χ4v) is 2.86. The van der Waals surface area contributed by atoms with Crippen LogP contribution < -0.4 is 0 Å². The first kappa shape index (κ1) is 10.7. The lowest BCUT2D eigenvalue weighted by Crippen LogP contribution is -1.68. The Hall–Kier alpha value is -1.39. The highest BCUT2D eigenvalue weighted by Gasteiger charge is 2.01. The van der Waals surface area contributed by atoms with Gasteiger partial charge in [0.25, 0.3) is 0 Å². The van der Waals surface area contributed by atoms with Gasteiger partial charge in [-0.2, -0.15) is 0 Å². The minimum atomic E-state index is 0.635. The van der Waals surface area contributed by atoms with Crippen LogP contribution in [-0.2, 0) is 0 Å². The average Bonchev–Trinajstić information content (AvgIpc) is 2.91. The van der Waals surface area contributed by atoms with E-state index in [1.165, 1.54) is 4.88 Å². The number of fused-ring (bicyclic) bond motifs is 1. The molecule has 0 radical (unpaired) electrons. The van der Waals surface area contributed by atoms with Gasteiger partial charge in [0, 0.05) is 11.0 Å². The number of nitrogens with zero attached hydrogens (tertiary/aromatic N) is 1. The van der Waals surface area contributed by atoms with Crippen molar-refractivity contribution in [1.82, 2.24) is 4.98 Å². The molecule has 0 aliphatic carbocycles. The van der Waals surface area contributed by atoms with E-state index in [4.69, 9.17) is 4.42 Å². The maximum absolute atomic E-state index is 5.59. The second-order valence-corrected chi connectivity index (χ2v) is 5.99. The lowest BCUT2D eigenvalue weighted by Gasteiger charge is -1.82. The van der Waals surface area contributed by atoms with Crippen molar-refractivity contribution < 1.29 is 4.42 Å². The van der Waals surface area contributed by atoms with Gasteiger partial charge in [0.15, 0.2) is 5.58 Å². The van der Waals surface area contributed by atoms with E-state index in [9.17, 15) is 0 Å². The van der Waals surface area contributed by atoms with Crippen molar-refractivity contribution in [2.75, 3.05) is 0 Å². The van der Waals surface area contributed by atoms with E-state index >= 15 is 0 Å². The van der Waals surface area contributed by atoms with Gasteiger partial charge in [-0.3, -0.25) is 0 Å². The van der Waals surface area contributed by atoms with Crippen molar-refractivity contribution in [3.63, 3.8) is 0 Å². The summed E-state index contributed by atoms with van der Waals surface area (Å²) in [5.74, 6) is 0.635. The normalized spacial score (nSPS) is 11.6. The fourth-order valence-electron chi connectivity index (χ4n) is 1.53. The number of hydrogen-bond donors (Lipinski definition) is 0. The number of halogens is 1. The highest BCUT2D eigenvalue weighted by Crippen LogP contribution is 2.24. The third-order valence-corrected chi connectivity index (χ3v) is 3.88. The minimum absolute atomic E-state index is 0.635. The van der Waals surface area contributed by atoms with Crippen LogP contribution in [0, 0.1) is 0 Å². The Balaban J connectivity index is 1.92. The Kier molecular flexibility index (Phi) is 2.82. The second-order valence-electron chi connectivity index (χ2n) is 3.50. The van der Waals surface area contributed by atoms with E-state index < -0.39 is 0 Å². The molecule has 0 aliphatic heterocycles. The Morgan fingerprint density at radius 2 is 2.00 bits per heavy atom. The summed E-state index contributed by atoms with van der Waals surface area (Å²) in [5, 5.41) is 0. The topological polar surface area (TPSA) is 26.0 Å². The van der Waals surface area contributed by atoms with Crippen LogP contribution in [0.1, 0.15) is 10.8 Å². The van der Waals surface area contributed by atoms with Gasteiger partial charge in [0.05, 0.1) is 3.79 Å². The van der Waals surface area contributed by atoms with Gasteiger partial charge < -0.3 is 4.42 Å². The number of benzene rings is 1. The molecule has 17 heavy (non-hydrogen) atoms. The van der Waals surface area contributed by atoms with Gasteiger partial charge in [-0.15, -0.1) is 11.3 Å². The third kappa shape index (κ3) is 2.33. The number of thiophene rings is 1. The van der Waals surface area contributed by atoms with Crippen molar-refractivity contribution in [3.8, 4) is 0 Å². The molecule has 1 aromatic carbocycles. The zero-order chi connectivity index (χ0) is 11.7. The number of rotatable bonds is 2. The molecule has 84 valence electrons. The summed E-state index contributed by atoms with van der Waals surface area (Å²) < 4.78 is 6.71. The number of aromatic nitrogens is 1. The molecular weight excluding hydrogens is 298 g/mol. The minimum Gasteiger partial charge on any atom is -0.437 e. The molecule has 0 fully saturated rings. The first-order valence-electron chi connectivity index (χ1n) is 5.10. The molecule has 0 saturated heterocycles. The van der Waals surface area contributed by atoms with Gasteiger partial charge in [-0.1, -0.05) is 12.1 Å². The zero-order valence-corrected chi connectivity index (χ0v) is 11.2. The van der Waals surface area contributed by atoms with Gasteiger partial charge in [0.1, 0.15) is 5.52 Å². The largest absolute Gasteiger partial charge is 0.437 e. The number of hydrogen-bond acceptors (Lipinski definition) is 3. The first-order chi connectivity index (χ1) is 8.31. The predicted molar refractivity (Wildman–Crippen MR) is 75.0 cm³/mol. The average molecular weight is 306 g/mol. The van der Waals surface area contributed by atoms with Crippen molar-refractivity contribution >= 4 is 50.5 Å². The summed E-state index contributed by atoms with van der Waals surface area (Å²) in [7, 11) is 0. The Bertz CT molecular complexity index is 650. The smallest absolute Gasteiger partial charge is 0.220 e. The third-order valence-electron chi connectivity index (χ3n) is 2.29. The van der Waals surface area contributed by atoms with Crippen molar-refractivity contribution in [3.05, 3.63) is 51.0 Å². The van der Waals surface area contributed by atoms with Gasteiger partial charge in [0.2, 0.25) is 5.89 Å². The van der Waals surface area contributed by atoms with E-state index in [1.807, 2.05) is 48.6 Å². The molecule has 2 nitrogen and oxygen atoms in total. The molecule has 0 spiro atoms. The van der Waals surface area contributed by atoms with Crippen LogP contribution in [0.2, 0.25) is 0 Å². The molecule has 2 aromatic heterocycles. The van der Waals surface area contributed by atoms with E-state index in [2.05, 4.69) is 20.9 Å². The summed E-state index contributed by atoms with van der Waals surface area (Å²) in [6, 6.07) is 11.8. The summed E-state index contributed by atoms with van der Waals surface area (Å²) in [6.07, 6.45) is 3.89. The van der Waals surface area contributed by atoms with Crippen LogP contribution in [0.25, 0.3) is 23.3 Å². The molecule has 0 bridgehead atoms. The lowest BCUT2D eigenvalue weighted by molar-refractivity contribution is 0.590. The van der Waals surface area contributed by atoms with Crippen LogP contribution in [-0.4, -0.2) is 4.98 Å². The van der Waals surface area contributed by atoms with Crippen LogP contribution in [0.4, 0.5) is 0 Å². The Labute approximate surface area is 111 Å². The number of oxazole rings is 1. The second kappa shape index (κ2) is 4.47. The van der Waals surface area contributed by atoms with Crippen LogP contribution in [0.15, 0.2) is 44.6 Å². The molecule has 2 heterocycles. The highest BCUT2D eigenvalue weighted by molar-refractivity contribution is 9.11. The van der Waals surface area contributed by atoms with Crippen LogP contribution in [0.3, 0.4) is 0 Å². The Morgan fingerprint density at radius 1 is 1.12 bits per heavy atom. The molecule has 0 saturated carbocycles. The molecule has 0 N–H and O–H groups in total. The fraction of sp³-hybridized carbons (Fsp3) is 0. The standard InChI is InChI=1S/C13H8BrNOS/c14-12-7-5-9(17-12)6-8-13-15-10-3-1-2-4-11(10)16-13/h1-8H/b8-6+. The summed E-state index contributed by atoms with van der Waals surface area (Å²) in [5.41, 5.74) is 1.71. The van der Waals surface area contributed by atoms with Crippen LogP contribution >= 0.6 is 27.3 Å². The van der Waals surface area contributed by atoms with E-state index in [-0.39, 0.29) is 0 Å². The van der Waals surface area contributed by atoms with Crippen molar-refractivity contribution in [2.45, 2.75) is 0 Å². The van der Waals surface area contributed by atoms with E-state index in [1.54, 1.807) is 11.3 Å². The molecule has 3 rings (SSSR count). The molecule has 0 amide bonds. The Morgan fingerprint density at radius 3 is 2.76 bits per heavy atom. The number of para-hydroxylation sites is 2. The molecular formula is C13H8BrNOS. The van der Waals surface area contributed by atoms with Crippen LogP contribution in [0.5, 0.6) is 0 Å². The summed E-state index contributed by atoms with van der Waals surface area (Å²) in [4.78, 5) is 5.54. The molecule has 4 heteroatoms. The highest BCUT2D eigenvalue weighted by atomic mass is 79.9. The zero-order valence-electron chi connectivity index (χ0n) is 8.76. The van der Waals surface area contributed by atoms with Gasteiger partial charge in [-0.25, -0.2) is 4.98 Å². The predicted octanol–water partition coefficient (Wildman–Crippen LogP) is 4.82. The van der Waals surface area contributed by atoms with Crippen molar-refractivity contribution in [1.29, 1.82) is 0 Å². The SMILES string of the molecule is Brc1ccc(/C=C/c2nc3ccccc3o2)s1. The maximum atomic E-state index is 5.59. The maximum Gasteiger partial charge on any atom is 0.220 e. The van der Waals surface area contributed by atoms with Gasteiger partial charge in [-0.05, 0) is 46.3 Å². The van der Waals surface area contributed by atoms with E-state index in [0.29, 0.717) is 5.89 Å². The molecule has 3 aromatic rings. The summed E-state index contributed by atoms with van der Waals surface area (Å²) in [6.45, 7) is 0.